The van der Waals surface area contributed by atoms with Gasteiger partial charge in [-0.15, -0.1) is 10.2 Å². The largest absolute Gasteiger partial charge is 0.497 e. The van der Waals surface area contributed by atoms with Gasteiger partial charge in [-0.05, 0) is 30.5 Å². The Kier molecular flexibility index (Phi) is 8.50. The summed E-state index contributed by atoms with van der Waals surface area (Å²) in [4.78, 5) is 34.7. The number of carboxylic acid groups (broad SMARTS) is 2. The average Bonchev–Trinajstić information content (AvgIpc) is 3.28. The van der Waals surface area contributed by atoms with E-state index in [1.54, 1.807) is 28.8 Å². The molecule has 168 valence electrons. The van der Waals surface area contributed by atoms with Crippen LogP contribution in [0.4, 0.5) is 0 Å². The quantitative estimate of drug-likeness (QED) is 0.521. The lowest BCUT2D eigenvalue weighted by Gasteiger charge is -2.43. The van der Waals surface area contributed by atoms with Gasteiger partial charge in [-0.1, -0.05) is 12.1 Å². The molecule has 0 spiro atoms. The van der Waals surface area contributed by atoms with Crippen molar-refractivity contribution in [1.82, 2.24) is 19.7 Å². The minimum Gasteiger partial charge on any atom is -0.497 e. The number of likely N-dealkylation sites (tertiary alicyclic amines) is 1. The van der Waals surface area contributed by atoms with E-state index in [1.165, 1.54) is 24.7 Å². The van der Waals surface area contributed by atoms with Gasteiger partial charge < -0.3 is 29.5 Å². The van der Waals surface area contributed by atoms with Crippen molar-refractivity contribution >= 4 is 18.3 Å². The number of nitrogens with zero attached hydrogens (tertiary/aromatic N) is 4. The van der Waals surface area contributed by atoms with Crippen LogP contribution < -0.4 is 4.74 Å². The number of piperidine rings is 1. The normalized spacial score (nSPS) is 20.3. The van der Waals surface area contributed by atoms with Gasteiger partial charge in [-0.3, -0.25) is 14.4 Å². The Morgan fingerprint density at radius 1 is 1.32 bits per heavy atom. The first kappa shape index (κ1) is 23.8. The number of ether oxygens (including phenoxy) is 1. The molecule has 0 radical (unpaired) electrons. The van der Waals surface area contributed by atoms with Crippen molar-refractivity contribution in [2.24, 2.45) is 5.41 Å². The number of aromatic nitrogens is 3. The van der Waals surface area contributed by atoms with Gasteiger partial charge in [-0.2, -0.15) is 0 Å². The van der Waals surface area contributed by atoms with Crippen molar-refractivity contribution in [2.45, 2.75) is 31.9 Å². The van der Waals surface area contributed by atoms with Gasteiger partial charge in [0.2, 0.25) is 5.91 Å². The van der Waals surface area contributed by atoms with Gasteiger partial charge in [0, 0.05) is 26.1 Å². The summed E-state index contributed by atoms with van der Waals surface area (Å²) in [5.74, 6) is -0.652. The molecule has 31 heavy (non-hydrogen) atoms. The fraction of sp³-hybridized carbons (Fsp3) is 0.450. The molecule has 1 amide bonds. The highest BCUT2D eigenvalue weighted by atomic mass is 16.5. The number of rotatable bonds is 7. The summed E-state index contributed by atoms with van der Waals surface area (Å²) < 4.78 is 6.90. The number of amides is 1. The molecule has 1 fully saturated rings. The summed E-state index contributed by atoms with van der Waals surface area (Å²) in [6.07, 6.45) is 2.54. The van der Waals surface area contributed by atoms with E-state index in [2.05, 4.69) is 10.2 Å². The third-order valence-corrected chi connectivity index (χ3v) is 5.27. The van der Waals surface area contributed by atoms with E-state index in [0.29, 0.717) is 18.8 Å². The van der Waals surface area contributed by atoms with Crippen molar-refractivity contribution in [3.05, 3.63) is 42.5 Å². The number of benzene rings is 1. The SMILES string of the molecule is COc1cccc(C[C@@]2(C(=O)O)CN(C(=O)CCn3cnnc3)CC[C@@H]2O)c1.O=CO. The predicted molar refractivity (Wildman–Crippen MR) is 107 cm³/mol. The number of hydrogen-bond donors (Lipinski definition) is 3. The first-order valence-corrected chi connectivity index (χ1v) is 9.58. The van der Waals surface area contributed by atoms with Crippen LogP contribution in [-0.2, 0) is 27.3 Å². The fourth-order valence-corrected chi connectivity index (χ4v) is 3.62. The predicted octanol–water partition coefficient (Wildman–Crippen LogP) is 0.285. The molecule has 2 heterocycles. The number of carbonyl (C=O) groups is 3. The number of carbonyl (C=O) groups excluding carboxylic acids is 1. The van der Waals surface area contributed by atoms with Crippen LogP contribution in [0, 0.1) is 5.41 Å². The first-order valence-electron chi connectivity index (χ1n) is 9.58. The van der Waals surface area contributed by atoms with Crippen LogP contribution in [0.5, 0.6) is 5.75 Å². The summed E-state index contributed by atoms with van der Waals surface area (Å²) in [6.45, 7) is 0.456. The van der Waals surface area contributed by atoms with E-state index in [9.17, 15) is 19.8 Å². The van der Waals surface area contributed by atoms with Crippen LogP contribution in [0.1, 0.15) is 18.4 Å². The number of aliphatic hydroxyl groups excluding tert-OH is 1. The molecule has 1 aromatic heterocycles. The molecular weight excluding hydrogens is 408 g/mol. The van der Waals surface area contributed by atoms with Crippen molar-refractivity contribution in [1.29, 1.82) is 0 Å². The number of aliphatic hydroxyl groups is 1. The Bertz CT molecular complexity index is 874. The molecular formula is C20H26N4O7. The highest BCUT2D eigenvalue weighted by Gasteiger charge is 2.50. The smallest absolute Gasteiger partial charge is 0.314 e. The van der Waals surface area contributed by atoms with Crippen LogP contribution in [-0.4, -0.2) is 79.6 Å². The summed E-state index contributed by atoms with van der Waals surface area (Å²) in [5, 5.41) is 34.8. The molecule has 11 heteroatoms. The second-order valence-corrected chi connectivity index (χ2v) is 7.16. The highest BCUT2D eigenvalue weighted by molar-refractivity contribution is 5.80. The van der Waals surface area contributed by atoms with E-state index >= 15 is 0 Å². The molecule has 0 bridgehead atoms. The molecule has 2 atom stereocenters. The summed E-state index contributed by atoms with van der Waals surface area (Å²) in [5.41, 5.74) is -0.726. The summed E-state index contributed by atoms with van der Waals surface area (Å²) in [7, 11) is 1.54. The van der Waals surface area contributed by atoms with Gasteiger partial charge in [-0.25, -0.2) is 0 Å². The lowest BCUT2D eigenvalue weighted by atomic mass is 9.72. The average molecular weight is 434 g/mol. The van der Waals surface area contributed by atoms with Crippen LogP contribution >= 0.6 is 0 Å². The van der Waals surface area contributed by atoms with Crippen molar-refractivity contribution in [2.75, 3.05) is 20.2 Å². The third kappa shape index (κ3) is 6.01. The number of aliphatic carboxylic acids is 1. The Morgan fingerprint density at radius 3 is 2.61 bits per heavy atom. The van der Waals surface area contributed by atoms with Crippen molar-refractivity contribution < 1.29 is 34.4 Å². The van der Waals surface area contributed by atoms with Crippen molar-refractivity contribution in [3.8, 4) is 5.75 Å². The van der Waals surface area contributed by atoms with E-state index in [1.807, 2.05) is 0 Å². The number of carboxylic acids is 1. The molecule has 1 aromatic carbocycles. The minimum absolute atomic E-state index is 0.0400. The molecule has 3 N–H and O–H groups in total. The molecule has 3 rings (SSSR count). The van der Waals surface area contributed by atoms with E-state index in [0.717, 1.165) is 5.56 Å². The second-order valence-electron chi connectivity index (χ2n) is 7.16. The zero-order chi connectivity index (χ0) is 22.9. The molecule has 0 saturated carbocycles. The Morgan fingerprint density at radius 2 is 2.00 bits per heavy atom. The Balaban J connectivity index is 0.00000107. The number of hydrogen-bond acceptors (Lipinski definition) is 7. The maximum Gasteiger partial charge on any atom is 0.314 e. The van der Waals surface area contributed by atoms with Crippen LogP contribution in [0.3, 0.4) is 0 Å². The monoisotopic (exact) mass is 434 g/mol. The Hall–Kier alpha value is -3.47. The van der Waals surface area contributed by atoms with Crippen LogP contribution in [0.15, 0.2) is 36.9 Å². The summed E-state index contributed by atoms with van der Waals surface area (Å²) in [6, 6.07) is 7.10. The molecule has 1 saturated heterocycles. The molecule has 0 aliphatic carbocycles. The number of aryl methyl sites for hydroxylation is 1. The Labute approximate surface area is 178 Å². The number of methoxy groups -OCH3 is 1. The fourth-order valence-electron chi connectivity index (χ4n) is 3.62. The standard InChI is InChI=1S/C19H24N4O5.CH2O2/c1-28-15-4-2-3-14(9-15)10-19(18(26)27)11-23(8-5-16(19)24)17(25)6-7-22-12-20-21-13-22;2-1-3/h2-4,9,12-13,16,24H,5-8,10-11H2,1H3,(H,26,27);1H,(H,2,3)/t16-,19+;/m0./s1. The summed E-state index contributed by atoms with van der Waals surface area (Å²) >= 11 is 0. The van der Waals surface area contributed by atoms with Gasteiger partial charge in [0.05, 0.1) is 13.2 Å². The molecule has 2 aromatic rings. The van der Waals surface area contributed by atoms with E-state index < -0.39 is 17.5 Å². The molecule has 11 nitrogen and oxygen atoms in total. The molecule has 0 unspecified atom stereocenters. The maximum atomic E-state index is 12.6. The van der Waals surface area contributed by atoms with Crippen LogP contribution in [0.2, 0.25) is 0 Å². The van der Waals surface area contributed by atoms with Gasteiger partial charge in [0.1, 0.15) is 23.8 Å². The lowest BCUT2D eigenvalue weighted by molar-refractivity contribution is -0.165. The highest BCUT2D eigenvalue weighted by Crippen LogP contribution is 2.35. The topological polar surface area (TPSA) is 155 Å². The maximum absolute atomic E-state index is 12.6. The van der Waals surface area contributed by atoms with Gasteiger partial charge in [0.25, 0.3) is 6.47 Å². The molecule has 1 aliphatic rings. The van der Waals surface area contributed by atoms with Crippen molar-refractivity contribution in [3.63, 3.8) is 0 Å². The zero-order valence-electron chi connectivity index (χ0n) is 17.1. The third-order valence-electron chi connectivity index (χ3n) is 5.27. The lowest BCUT2D eigenvalue weighted by Crippen LogP contribution is -2.58. The van der Waals surface area contributed by atoms with E-state index in [4.69, 9.17) is 14.6 Å². The first-order chi connectivity index (χ1) is 14.9. The van der Waals surface area contributed by atoms with Gasteiger partial charge >= 0.3 is 5.97 Å². The zero-order valence-corrected chi connectivity index (χ0v) is 17.1. The molecule has 1 aliphatic heterocycles. The second kappa shape index (κ2) is 11.1. The van der Waals surface area contributed by atoms with E-state index in [-0.39, 0.29) is 38.2 Å². The van der Waals surface area contributed by atoms with Crippen LogP contribution in [0.25, 0.3) is 0 Å². The van der Waals surface area contributed by atoms with Gasteiger partial charge in [0.15, 0.2) is 0 Å². The minimum atomic E-state index is -1.46.